The van der Waals surface area contributed by atoms with Gasteiger partial charge in [0.05, 0.1) is 38.0 Å². The molecule has 4 heterocycles. The average Bonchev–Trinajstić information content (AvgIpc) is 3.63. The number of hydrogen-bond donors (Lipinski definition) is 0. The molecule has 1 amide bonds. The second-order valence-electron chi connectivity index (χ2n) is 9.99. The fraction of sp³-hybridized carbons (Fsp3) is 0.323. The van der Waals surface area contributed by atoms with Gasteiger partial charge in [0.2, 0.25) is 0 Å². The molecule has 0 N–H and O–H groups in total. The molecule has 0 saturated carbocycles. The summed E-state index contributed by atoms with van der Waals surface area (Å²) in [6.07, 6.45) is 2.69. The van der Waals surface area contributed by atoms with Gasteiger partial charge in [0, 0.05) is 42.8 Å². The van der Waals surface area contributed by atoms with Crippen molar-refractivity contribution in [1.29, 1.82) is 5.26 Å². The van der Waals surface area contributed by atoms with E-state index in [1.807, 2.05) is 24.3 Å². The summed E-state index contributed by atoms with van der Waals surface area (Å²) in [5.41, 5.74) is 4.32. The Morgan fingerprint density at radius 3 is 2.67 bits per heavy atom. The number of fused-ring (bicyclic) bond motifs is 1. The first-order valence-corrected chi connectivity index (χ1v) is 13.3. The van der Waals surface area contributed by atoms with Crippen molar-refractivity contribution >= 4 is 17.0 Å². The second-order valence-corrected chi connectivity index (χ2v) is 9.99. The predicted molar refractivity (Wildman–Crippen MR) is 146 cm³/mol. The molecular formula is C31H28FN3O5. The summed E-state index contributed by atoms with van der Waals surface area (Å²) < 4.78 is 37.1. The Balaban J connectivity index is 1.31. The summed E-state index contributed by atoms with van der Waals surface area (Å²) in [7, 11) is 1.53. The molecule has 0 spiro atoms. The largest absolute Gasteiger partial charge is 0.496 e. The number of pyridine rings is 1. The number of nitrogens with zero attached hydrogens (tertiary/aromatic N) is 3. The monoisotopic (exact) mass is 541 g/mol. The molecule has 0 bridgehead atoms. The lowest BCUT2D eigenvalue weighted by molar-refractivity contribution is 0.0254. The number of furan rings is 1. The highest BCUT2D eigenvalue weighted by molar-refractivity contribution is 5.97. The van der Waals surface area contributed by atoms with E-state index in [-0.39, 0.29) is 18.6 Å². The topological polar surface area (TPSA) is 97.8 Å². The van der Waals surface area contributed by atoms with E-state index in [0.717, 1.165) is 24.0 Å². The van der Waals surface area contributed by atoms with E-state index in [9.17, 15) is 14.4 Å². The van der Waals surface area contributed by atoms with Crippen LogP contribution in [0.25, 0.3) is 33.6 Å². The SMILES string of the molecule is COc1cc(C(=O)N2CCC(F)C2)ccc1-c1cc2nccc(-c3ccc(OC4CCOCC4)c(C#N)c3)c2o1. The first-order chi connectivity index (χ1) is 19.5. The van der Waals surface area contributed by atoms with Crippen LogP contribution >= 0.6 is 0 Å². The third kappa shape index (κ3) is 4.98. The van der Waals surface area contributed by atoms with Gasteiger partial charge in [-0.05, 0) is 48.4 Å². The summed E-state index contributed by atoms with van der Waals surface area (Å²) in [6.45, 7) is 1.82. The van der Waals surface area contributed by atoms with Gasteiger partial charge in [0.15, 0.2) is 5.58 Å². The van der Waals surface area contributed by atoms with E-state index in [0.29, 0.717) is 71.2 Å². The van der Waals surface area contributed by atoms with Crippen LogP contribution < -0.4 is 9.47 Å². The van der Waals surface area contributed by atoms with Crippen molar-refractivity contribution in [3.63, 3.8) is 0 Å². The number of benzene rings is 2. The quantitative estimate of drug-likeness (QED) is 0.305. The van der Waals surface area contributed by atoms with Crippen molar-refractivity contribution in [2.45, 2.75) is 31.5 Å². The highest BCUT2D eigenvalue weighted by Crippen LogP contribution is 2.38. The Kier molecular flexibility index (Phi) is 7.10. The van der Waals surface area contributed by atoms with Gasteiger partial charge >= 0.3 is 0 Å². The number of halogens is 1. The molecule has 2 aromatic carbocycles. The zero-order valence-electron chi connectivity index (χ0n) is 22.1. The summed E-state index contributed by atoms with van der Waals surface area (Å²) >= 11 is 0. The molecule has 2 fully saturated rings. The lowest BCUT2D eigenvalue weighted by Crippen LogP contribution is -2.28. The van der Waals surface area contributed by atoms with Gasteiger partial charge in [0.1, 0.15) is 41.1 Å². The van der Waals surface area contributed by atoms with Crippen LogP contribution in [0.3, 0.4) is 0 Å². The number of carbonyl (C=O) groups is 1. The zero-order chi connectivity index (χ0) is 27.6. The number of methoxy groups -OCH3 is 1. The molecule has 6 rings (SSSR count). The number of rotatable bonds is 6. The van der Waals surface area contributed by atoms with Gasteiger partial charge in [-0.15, -0.1) is 0 Å². The van der Waals surface area contributed by atoms with Crippen LogP contribution in [0.5, 0.6) is 11.5 Å². The van der Waals surface area contributed by atoms with Crippen molar-refractivity contribution in [3.05, 3.63) is 65.9 Å². The molecule has 0 radical (unpaired) electrons. The minimum atomic E-state index is -0.984. The van der Waals surface area contributed by atoms with Crippen LogP contribution in [-0.2, 0) is 4.74 Å². The van der Waals surface area contributed by atoms with Crippen LogP contribution in [0.2, 0.25) is 0 Å². The molecule has 8 nitrogen and oxygen atoms in total. The summed E-state index contributed by atoms with van der Waals surface area (Å²) in [5, 5.41) is 9.84. The number of ether oxygens (including phenoxy) is 3. The maximum absolute atomic E-state index is 13.6. The molecule has 2 aliphatic heterocycles. The molecule has 9 heteroatoms. The van der Waals surface area contributed by atoms with Gasteiger partial charge in [-0.3, -0.25) is 9.78 Å². The van der Waals surface area contributed by atoms with E-state index in [1.54, 1.807) is 30.5 Å². The molecule has 0 aliphatic carbocycles. The second kappa shape index (κ2) is 11.0. The normalized spacial score (nSPS) is 17.6. The molecule has 2 aromatic heterocycles. The Morgan fingerprint density at radius 2 is 1.93 bits per heavy atom. The first-order valence-electron chi connectivity index (χ1n) is 13.3. The predicted octanol–water partition coefficient (Wildman–Crippen LogP) is 5.78. The number of amides is 1. The van der Waals surface area contributed by atoms with E-state index < -0.39 is 6.17 Å². The van der Waals surface area contributed by atoms with Gasteiger partial charge in [-0.1, -0.05) is 6.07 Å². The van der Waals surface area contributed by atoms with Crippen molar-refractivity contribution in [2.24, 2.45) is 0 Å². The molecule has 2 saturated heterocycles. The Bertz CT molecular complexity index is 1600. The fourth-order valence-corrected chi connectivity index (χ4v) is 5.27. The zero-order valence-corrected chi connectivity index (χ0v) is 22.1. The van der Waals surface area contributed by atoms with Crippen LogP contribution in [-0.4, -0.2) is 61.5 Å². The summed E-state index contributed by atoms with van der Waals surface area (Å²) in [5.74, 6) is 1.31. The lowest BCUT2D eigenvalue weighted by Gasteiger charge is -2.23. The van der Waals surface area contributed by atoms with Crippen LogP contribution in [0.15, 0.2) is 59.1 Å². The minimum Gasteiger partial charge on any atom is -0.496 e. The van der Waals surface area contributed by atoms with Gasteiger partial charge in [-0.2, -0.15) is 5.26 Å². The minimum absolute atomic E-state index is 0.0274. The van der Waals surface area contributed by atoms with E-state index in [1.165, 1.54) is 12.0 Å². The standard InChI is InChI=1S/C31H28FN3O5/c1-37-28-15-20(31(36)35-11-7-22(32)18-35)2-4-25(28)29-16-26-30(40-29)24(6-10-34-26)19-3-5-27(21(14-19)17-33)39-23-8-12-38-13-9-23/h2-6,10,14-16,22-23H,7-9,11-13,18H2,1H3. The molecule has 4 aromatic rings. The average molecular weight is 542 g/mol. The van der Waals surface area contributed by atoms with Crippen LogP contribution in [0.1, 0.15) is 35.2 Å². The van der Waals surface area contributed by atoms with Crippen molar-refractivity contribution in [3.8, 4) is 40.0 Å². The highest BCUT2D eigenvalue weighted by Gasteiger charge is 2.27. The maximum Gasteiger partial charge on any atom is 0.254 e. The van der Waals surface area contributed by atoms with Gasteiger partial charge in [0.25, 0.3) is 5.91 Å². The molecule has 1 atom stereocenters. The summed E-state index contributed by atoms with van der Waals surface area (Å²) in [6, 6.07) is 16.6. The maximum atomic E-state index is 13.6. The number of alkyl halides is 1. The lowest BCUT2D eigenvalue weighted by atomic mass is 10.0. The van der Waals surface area contributed by atoms with E-state index in [4.69, 9.17) is 18.6 Å². The third-order valence-electron chi connectivity index (χ3n) is 7.42. The van der Waals surface area contributed by atoms with Gasteiger partial charge < -0.3 is 23.5 Å². The van der Waals surface area contributed by atoms with Crippen LogP contribution in [0.4, 0.5) is 4.39 Å². The Labute approximate surface area is 230 Å². The molecule has 40 heavy (non-hydrogen) atoms. The van der Waals surface area contributed by atoms with Crippen molar-refractivity contribution < 1.29 is 27.8 Å². The fourth-order valence-electron chi connectivity index (χ4n) is 5.27. The molecule has 1 unspecified atom stereocenters. The number of likely N-dealkylation sites (tertiary alicyclic amines) is 1. The molecule has 204 valence electrons. The smallest absolute Gasteiger partial charge is 0.254 e. The summed E-state index contributed by atoms with van der Waals surface area (Å²) in [4.78, 5) is 18.9. The van der Waals surface area contributed by atoms with E-state index >= 15 is 0 Å². The first kappa shape index (κ1) is 25.8. The number of nitriles is 1. The number of aromatic nitrogens is 1. The Morgan fingerprint density at radius 1 is 1.07 bits per heavy atom. The van der Waals surface area contributed by atoms with Crippen molar-refractivity contribution in [2.75, 3.05) is 33.4 Å². The molecule has 2 aliphatic rings. The van der Waals surface area contributed by atoms with E-state index in [2.05, 4.69) is 11.1 Å². The number of hydrogen-bond acceptors (Lipinski definition) is 7. The third-order valence-corrected chi connectivity index (χ3v) is 7.42. The Hall–Kier alpha value is -4.42. The number of carbonyl (C=O) groups excluding carboxylic acids is 1. The van der Waals surface area contributed by atoms with Crippen LogP contribution in [0, 0.1) is 11.3 Å². The molecular weight excluding hydrogens is 513 g/mol. The highest BCUT2D eigenvalue weighted by atomic mass is 19.1. The van der Waals surface area contributed by atoms with Crippen molar-refractivity contribution in [1.82, 2.24) is 9.88 Å². The van der Waals surface area contributed by atoms with Gasteiger partial charge in [-0.25, -0.2) is 4.39 Å².